The predicted octanol–water partition coefficient (Wildman–Crippen LogP) is 3.30. The van der Waals surface area contributed by atoms with Crippen molar-refractivity contribution in [3.05, 3.63) is 34.9 Å². The van der Waals surface area contributed by atoms with Crippen LogP contribution in [0, 0.1) is 6.92 Å². The molecule has 0 unspecified atom stereocenters. The lowest BCUT2D eigenvalue weighted by Crippen LogP contribution is -2.32. The van der Waals surface area contributed by atoms with E-state index in [0.717, 1.165) is 12.5 Å². The van der Waals surface area contributed by atoms with Crippen molar-refractivity contribution in [2.45, 2.75) is 39.2 Å². The molecule has 0 aromatic heterocycles. The van der Waals surface area contributed by atoms with Gasteiger partial charge in [-0.1, -0.05) is 23.8 Å². The fourth-order valence-corrected chi connectivity index (χ4v) is 1.57. The summed E-state index contributed by atoms with van der Waals surface area (Å²) in [6.45, 7) is 6.23. The normalized spacial score (nSPS) is 13.0. The monoisotopic (exact) mass is 213 g/mol. The van der Waals surface area contributed by atoms with E-state index in [1.807, 2.05) is 6.92 Å². The second-order valence-corrected chi connectivity index (χ2v) is 4.66. The van der Waals surface area contributed by atoms with E-state index in [9.17, 15) is 8.78 Å². The second-order valence-electron chi connectivity index (χ2n) is 4.66. The Labute approximate surface area is 89.3 Å². The Kier molecular flexibility index (Phi) is 2.88. The Morgan fingerprint density at radius 3 is 2.00 bits per heavy atom. The third kappa shape index (κ3) is 2.75. The molecule has 84 valence electrons. The summed E-state index contributed by atoms with van der Waals surface area (Å²) in [6.07, 6.45) is 0. The molecule has 0 aliphatic heterocycles. The molecule has 1 rings (SSSR count). The predicted molar refractivity (Wildman–Crippen MR) is 58.0 cm³/mol. The molecule has 0 atom stereocenters. The van der Waals surface area contributed by atoms with Gasteiger partial charge in [-0.25, -0.2) is 8.78 Å². The summed E-state index contributed by atoms with van der Waals surface area (Å²) < 4.78 is 26.6. The van der Waals surface area contributed by atoms with Crippen molar-refractivity contribution < 1.29 is 8.78 Å². The highest BCUT2D eigenvalue weighted by Gasteiger charge is 2.31. The summed E-state index contributed by atoms with van der Waals surface area (Å²) in [6, 6.07) is 4.87. The molecule has 0 heterocycles. The lowest BCUT2D eigenvalue weighted by Gasteiger charge is -2.26. The van der Waals surface area contributed by atoms with Crippen LogP contribution in [0.2, 0.25) is 0 Å². The largest absolute Gasteiger partial charge is 0.322 e. The Morgan fingerprint density at radius 1 is 1.07 bits per heavy atom. The zero-order valence-corrected chi connectivity index (χ0v) is 9.57. The van der Waals surface area contributed by atoms with E-state index >= 15 is 0 Å². The summed E-state index contributed by atoms with van der Waals surface area (Å²) in [5.74, 6) is -2.85. The van der Waals surface area contributed by atoms with Gasteiger partial charge in [0, 0.05) is 18.0 Å². The van der Waals surface area contributed by atoms with Crippen LogP contribution in [0.15, 0.2) is 18.2 Å². The van der Waals surface area contributed by atoms with Gasteiger partial charge in [0.2, 0.25) is 0 Å². The van der Waals surface area contributed by atoms with Gasteiger partial charge in [-0.05, 0) is 26.3 Å². The van der Waals surface area contributed by atoms with Crippen LogP contribution >= 0.6 is 0 Å². The maximum Gasteiger partial charge on any atom is 0.270 e. The highest BCUT2D eigenvalue weighted by atomic mass is 19.3. The minimum atomic E-state index is -2.85. The fourth-order valence-electron chi connectivity index (χ4n) is 1.57. The number of alkyl halides is 2. The number of hydrogen-bond donors (Lipinski definition) is 1. The molecule has 3 heteroatoms. The first kappa shape index (κ1) is 12.1. The first-order chi connectivity index (χ1) is 6.62. The number of aryl methyl sites for hydroxylation is 1. The van der Waals surface area contributed by atoms with Crippen LogP contribution in [0.3, 0.4) is 0 Å². The first-order valence-electron chi connectivity index (χ1n) is 4.90. The van der Waals surface area contributed by atoms with Crippen LogP contribution in [-0.4, -0.2) is 0 Å². The molecule has 15 heavy (non-hydrogen) atoms. The molecular weight excluding hydrogens is 196 g/mol. The van der Waals surface area contributed by atoms with Gasteiger partial charge in [0.05, 0.1) is 0 Å². The molecule has 1 nitrogen and oxygen atoms in total. The minimum absolute atomic E-state index is 0.0144. The van der Waals surface area contributed by atoms with Crippen molar-refractivity contribution in [3.8, 4) is 0 Å². The van der Waals surface area contributed by atoms with Gasteiger partial charge >= 0.3 is 0 Å². The third-order valence-electron chi connectivity index (χ3n) is 2.34. The molecule has 0 amide bonds. The topological polar surface area (TPSA) is 26.0 Å². The average molecular weight is 213 g/mol. The minimum Gasteiger partial charge on any atom is -0.322 e. The van der Waals surface area contributed by atoms with E-state index in [2.05, 4.69) is 0 Å². The van der Waals surface area contributed by atoms with Crippen LogP contribution in [0.1, 0.15) is 37.5 Å². The van der Waals surface area contributed by atoms with Crippen LogP contribution in [0.5, 0.6) is 0 Å². The molecule has 1 aromatic carbocycles. The van der Waals surface area contributed by atoms with Crippen LogP contribution < -0.4 is 5.73 Å². The average Bonchev–Trinajstić information content (AvgIpc) is 2.00. The maximum absolute atomic E-state index is 13.3. The van der Waals surface area contributed by atoms with Gasteiger partial charge < -0.3 is 5.73 Å². The van der Waals surface area contributed by atoms with Crippen molar-refractivity contribution in [2.75, 3.05) is 0 Å². The molecule has 0 spiro atoms. The number of halogens is 2. The summed E-state index contributed by atoms with van der Waals surface area (Å²) in [5, 5.41) is 0. The summed E-state index contributed by atoms with van der Waals surface area (Å²) in [4.78, 5) is 0. The van der Waals surface area contributed by atoms with E-state index in [1.165, 1.54) is 6.07 Å². The lowest BCUT2D eigenvalue weighted by molar-refractivity contribution is 0.0155. The molecule has 0 aliphatic rings. The van der Waals surface area contributed by atoms with Gasteiger partial charge in [-0.15, -0.1) is 0 Å². The van der Waals surface area contributed by atoms with Gasteiger partial charge in [0.15, 0.2) is 0 Å². The molecule has 0 aliphatic carbocycles. The van der Waals surface area contributed by atoms with Crippen molar-refractivity contribution in [1.29, 1.82) is 0 Å². The van der Waals surface area contributed by atoms with E-state index in [1.54, 1.807) is 26.0 Å². The Balaban J connectivity index is 3.41. The van der Waals surface area contributed by atoms with Gasteiger partial charge in [0.25, 0.3) is 5.92 Å². The van der Waals surface area contributed by atoms with Gasteiger partial charge in [-0.2, -0.15) is 0 Å². The molecule has 1 aromatic rings. The van der Waals surface area contributed by atoms with Gasteiger partial charge in [0.1, 0.15) is 0 Å². The Morgan fingerprint density at radius 2 is 1.60 bits per heavy atom. The fraction of sp³-hybridized carbons (Fsp3) is 0.500. The van der Waals surface area contributed by atoms with Crippen molar-refractivity contribution in [2.24, 2.45) is 5.73 Å². The number of benzene rings is 1. The highest BCUT2D eigenvalue weighted by molar-refractivity contribution is 5.38. The van der Waals surface area contributed by atoms with Crippen LogP contribution in [0.25, 0.3) is 0 Å². The zero-order chi connectivity index (χ0) is 11.9. The second kappa shape index (κ2) is 3.56. The molecule has 0 saturated heterocycles. The number of rotatable bonds is 2. The molecule has 0 radical (unpaired) electrons. The maximum atomic E-state index is 13.3. The SMILES string of the molecule is Cc1ccc(C(C)(F)F)c(C(C)(C)N)c1. The molecule has 0 saturated carbocycles. The highest BCUT2D eigenvalue weighted by Crippen LogP contribution is 2.34. The van der Waals surface area contributed by atoms with Crippen molar-refractivity contribution in [1.82, 2.24) is 0 Å². The zero-order valence-electron chi connectivity index (χ0n) is 9.57. The lowest BCUT2D eigenvalue weighted by atomic mass is 9.87. The number of nitrogens with two attached hydrogens (primary N) is 1. The molecule has 2 N–H and O–H groups in total. The first-order valence-corrected chi connectivity index (χ1v) is 4.90. The van der Waals surface area contributed by atoms with Crippen molar-refractivity contribution in [3.63, 3.8) is 0 Å². The van der Waals surface area contributed by atoms with Crippen LogP contribution in [-0.2, 0) is 11.5 Å². The molecule has 0 fully saturated rings. The number of hydrogen-bond acceptors (Lipinski definition) is 1. The smallest absolute Gasteiger partial charge is 0.270 e. The Hall–Kier alpha value is -0.960. The van der Waals surface area contributed by atoms with Crippen LogP contribution in [0.4, 0.5) is 8.78 Å². The summed E-state index contributed by atoms with van der Waals surface area (Å²) in [5.41, 5.74) is 6.61. The van der Waals surface area contributed by atoms with E-state index in [4.69, 9.17) is 5.73 Å². The Bertz CT molecular complexity index is 359. The molecular formula is C12H17F2N. The van der Waals surface area contributed by atoms with Crippen molar-refractivity contribution >= 4 is 0 Å². The third-order valence-corrected chi connectivity index (χ3v) is 2.34. The van der Waals surface area contributed by atoms with E-state index in [0.29, 0.717) is 5.56 Å². The molecule has 0 bridgehead atoms. The summed E-state index contributed by atoms with van der Waals surface area (Å²) >= 11 is 0. The van der Waals surface area contributed by atoms with E-state index < -0.39 is 11.5 Å². The quantitative estimate of drug-likeness (QED) is 0.801. The summed E-state index contributed by atoms with van der Waals surface area (Å²) in [7, 11) is 0. The van der Waals surface area contributed by atoms with Gasteiger partial charge in [-0.3, -0.25) is 0 Å². The van der Waals surface area contributed by atoms with E-state index in [-0.39, 0.29) is 5.56 Å². The standard InChI is InChI=1S/C12H17F2N/c1-8-5-6-9(12(4,13)14)10(7-8)11(2,3)15/h5-7H,15H2,1-4H3.